The zero-order valence-corrected chi connectivity index (χ0v) is 22.1. The third-order valence-electron chi connectivity index (χ3n) is 7.63. The minimum atomic E-state index is -0.161. The van der Waals surface area contributed by atoms with Gasteiger partial charge in [-0.3, -0.25) is 4.98 Å². The first kappa shape index (κ1) is 24.5. The second-order valence-corrected chi connectivity index (χ2v) is 11.7. The summed E-state index contributed by atoms with van der Waals surface area (Å²) >= 11 is 0. The van der Waals surface area contributed by atoms with E-state index >= 15 is 0 Å². The number of hydrogen-bond acceptors (Lipinski definition) is 4. The van der Waals surface area contributed by atoms with Crippen LogP contribution in [0.3, 0.4) is 0 Å². The van der Waals surface area contributed by atoms with E-state index in [0.717, 1.165) is 6.42 Å². The van der Waals surface area contributed by atoms with Crippen LogP contribution in [0.15, 0.2) is 54.1 Å². The van der Waals surface area contributed by atoms with Crippen LogP contribution in [0.4, 0.5) is 0 Å². The highest BCUT2D eigenvalue weighted by Crippen LogP contribution is 2.56. The second-order valence-electron chi connectivity index (χ2n) is 11.7. The number of nitrogens with zero attached hydrogens (tertiary/aromatic N) is 2. The molecule has 0 radical (unpaired) electrons. The third kappa shape index (κ3) is 3.96. The predicted octanol–water partition coefficient (Wildman–Crippen LogP) is 7.13. The average Bonchev–Trinajstić information content (AvgIpc) is 2.74. The minimum absolute atomic E-state index is 0.0495. The average molecular weight is 461 g/mol. The van der Waals surface area contributed by atoms with E-state index < -0.39 is 0 Å². The normalized spacial score (nSPS) is 22.9. The topological polar surface area (TPSA) is 45.6 Å². The molecule has 182 valence electrons. The number of rotatable bonds is 5. The molecule has 0 saturated heterocycles. The summed E-state index contributed by atoms with van der Waals surface area (Å²) in [5.74, 6) is 0.443. The molecule has 4 rings (SSSR count). The summed E-state index contributed by atoms with van der Waals surface area (Å²) in [6, 6.07) is 4.61. The number of aliphatic hydroxyl groups excluding tert-OH is 1. The van der Waals surface area contributed by atoms with E-state index in [4.69, 9.17) is 4.74 Å². The molecule has 0 saturated carbocycles. The van der Waals surface area contributed by atoms with Crippen molar-refractivity contribution in [3.8, 4) is 0 Å². The standard InChI is InChI=1S/C30H40N2O2/c1-18(33)14-25-22(11-13-34-9)23-15-20-17-31-12-10-21(20)27-26(23)28(32(25)8)19(2)24(30(27,6)7)16-29(3,4)5/h10,12,15-17,22,25,33H,1,11,13-14H2,2-9H3/b24-16+. The van der Waals surface area contributed by atoms with Crippen molar-refractivity contribution in [2.75, 3.05) is 20.8 Å². The molecule has 0 fully saturated rings. The first-order valence-corrected chi connectivity index (χ1v) is 12.3. The van der Waals surface area contributed by atoms with Gasteiger partial charge in [0.25, 0.3) is 0 Å². The van der Waals surface area contributed by atoms with Crippen LogP contribution in [0.1, 0.15) is 77.0 Å². The van der Waals surface area contributed by atoms with Gasteiger partial charge in [-0.05, 0) is 58.6 Å². The lowest BCUT2D eigenvalue weighted by Gasteiger charge is -2.50. The van der Waals surface area contributed by atoms with Gasteiger partial charge in [0.1, 0.15) is 0 Å². The second kappa shape index (κ2) is 8.57. The maximum absolute atomic E-state index is 10.3. The minimum Gasteiger partial charge on any atom is -0.513 e. The summed E-state index contributed by atoms with van der Waals surface area (Å²) in [6.45, 7) is 18.3. The maximum atomic E-state index is 10.3. The molecule has 1 aromatic heterocycles. The summed E-state index contributed by atoms with van der Waals surface area (Å²) in [6.07, 6.45) is 7.76. The fourth-order valence-corrected chi connectivity index (χ4v) is 6.30. The van der Waals surface area contributed by atoms with Crippen molar-refractivity contribution in [3.63, 3.8) is 0 Å². The van der Waals surface area contributed by atoms with Crippen LogP contribution in [0.5, 0.6) is 0 Å². The van der Waals surface area contributed by atoms with E-state index in [1.54, 1.807) is 7.11 Å². The zero-order chi connectivity index (χ0) is 25.0. The van der Waals surface area contributed by atoms with Crippen molar-refractivity contribution in [2.45, 2.75) is 71.8 Å². The van der Waals surface area contributed by atoms with Crippen LogP contribution in [0.2, 0.25) is 0 Å². The number of pyridine rings is 1. The van der Waals surface area contributed by atoms with Gasteiger partial charge in [0.2, 0.25) is 0 Å². The van der Waals surface area contributed by atoms with Gasteiger partial charge in [-0.25, -0.2) is 0 Å². The van der Waals surface area contributed by atoms with Gasteiger partial charge >= 0.3 is 0 Å². The summed E-state index contributed by atoms with van der Waals surface area (Å²) in [5, 5.41) is 12.7. The number of aliphatic hydroxyl groups is 1. The van der Waals surface area contributed by atoms with Crippen LogP contribution in [-0.2, 0) is 10.2 Å². The maximum Gasteiger partial charge on any atom is 0.0871 e. The Labute approximate surface area is 205 Å². The molecule has 2 aromatic rings. The number of benzene rings is 1. The quantitative estimate of drug-likeness (QED) is 0.482. The van der Waals surface area contributed by atoms with Crippen molar-refractivity contribution >= 4 is 16.5 Å². The monoisotopic (exact) mass is 460 g/mol. The molecule has 2 aliphatic rings. The van der Waals surface area contributed by atoms with Crippen LogP contribution in [0.25, 0.3) is 16.5 Å². The van der Waals surface area contributed by atoms with Gasteiger partial charge < -0.3 is 14.7 Å². The smallest absolute Gasteiger partial charge is 0.0871 e. The van der Waals surface area contributed by atoms with Gasteiger partial charge in [-0.2, -0.15) is 0 Å². The van der Waals surface area contributed by atoms with E-state index in [-0.39, 0.29) is 28.5 Å². The van der Waals surface area contributed by atoms with E-state index in [2.05, 4.69) is 83.3 Å². The Hall–Kier alpha value is -2.59. The number of ether oxygens (including phenoxy) is 1. The van der Waals surface area contributed by atoms with Crippen LogP contribution < -0.4 is 0 Å². The fourth-order valence-electron chi connectivity index (χ4n) is 6.30. The van der Waals surface area contributed by atoms with Crippen molar-refractivity contribution in [1.29, 1.82) is 0 Å². The Morgan fingerprint density at radius 2 is 2.03 bits per heavy atom. The number of aromatic nitrogens is 1. The first-order valence-electron chi connectivity index (χ1n) is 12.3. The first-order chi connectivity index (χ1) is 15.9. The molecule has 2 heterocycles. The highest BCUT2D eigenvalue weighted by molar-refractivity contribution is 5.96. The molecule has 1 aromatic carbocycles. The number of fused-ring (bicyclic) bond motifs is 2. The number of allylic oxidation sites excluding steroid dienone is 3. The third-order valence-corrected chi connectivity index (χ3v) is 7.63. The molecule has 4 heteroatoms. The molecule has 0 spiro atoms. The number of methoxy groups -OCH3 is 1. The molecule has 1 aliphatic heterocycles. The Bertz CT molecular complexity index is 1200. The highest BCUT2D eigenvalue weighted by Gasteiger charge is 2.45. The lowest BCUT2D eigenvalue weighted by atomic mass is 9.62. The number of hydrogen-bond donors (Lipinski definition) is 1. The lowest BCUT2D eigenvalue weighted by molar-refractivity contribution is 0.163. The predicted molar refractivity (Wildman–Crippen MR) is 142 cm³/mol. The fraction of sp³-hybridized carbons (Fsp3) is 0.500. The van der Waals surface area contributed by atoms with Gasteiger partial charge in [-0.1, -0.05) is 47.3 Å². The molecule has 1 aliphatic carbocycles. The van der Waals surface area contributed by atoms with Gasteiger partial charge in [0.15, 0.2) is 0 Å². The molecular formula is C30H40N2O2. The summed E-state index contributed by atoms with van der Waals surface area (Å²) in [7, 11) is 3.94. The van der Waals surface area contributed by atoms with Crippen molar-refractivity contribution in [2.24, 2.45) is 5.41 Å². The van der Waals surface area contributed by atoms with E-state index in [1.165, 1.54) is 44.3 Å². The van der Waals surface area contributed by atoms with Gasteiger partial charge in [0, 0.05) is 73.6 Å². The van der Waals surface area contributed by atoms with Crippen molar-refractivity contribution < 1.29 is 9.84 Å². The molecule has 4 nitrogen and oxygen atoms in total. The Morgan fingerprint density at radius 1 is 1.32 bits per heavy atom. The number of likely N-dealkylation sites (N-methyl/N-ethyl adjacent to an activating group) is 1. The Kier molecular flexibility index (Phi) is 6.18. The molecule has 1 N–H and O–H groups in total. The molecule has 2 atom stereocenters. The van der Waals surface area contributed by atoms with E-state index in [9.17, 15) is 5.11 Å². The lowest BCUT2D eigenvalue weighted by Crippen LogP contribution is -2.44. The Morgan fingerprint density at radius 3 is 2.65 bits per heavy atom. The SMILES string of the molecule is C=C(O)CC1C(CCOC)c2cc3cnccc3c3c2C(=C(C)/C(=C\C(C)(C)C)C3(C)C)N1C. The molecule has 0 amide bonds. The Balaban J connectivity index is 2.15. The molecule has 2 unspecified atom stereocenters. The molecule has 34 heavy (non-hydrogen) atoms. The van der Waals surface area contributed by atoms with Crippen molar-refractivity contribution in [3.05, 3.63) is 70.8 Å². The van der Waals surface area contributed by atoms with Gasteiger partial charge in [0.05, 0.1) is 5.76 Å². The highest BCUT2D eigenvalue weighted by atomic mass is 16.5. The molecular weight excluding hydrogens is 420 g/mol. The van der Waals surface area contributed by atoms with Crippen LogP contribution in [-0.4, -0.2) is 41.8 Å². The van der Waals surface area contributed by atoms with Crippen molar-refractivity contribution in [1.82, 2.24) is 9.88 Å². The van der Waals surface area contributed by atoms with Crippen LogP contribution >= 0.6 is 0 Å². The largest absolute Gasteiger partial charge is 0.513 e. The van der Waals surface area contributed by atoms with E-state index in [1.807, 2.05) is 12.4 Å². The van der Waals surface area contributed by atoms with E-state index in [0.29, 0.717) is 13.0 Å². The summed E-state index contributed by atoms with van der Waals surface area (Å²) < 4.78 is 5.53. The van der Waals surface area contributed by atoms with Crippen LogP contribution in [0, 0.1) is 5.41 Å². The summed E-state index contributed by atoms with van der Waals surface area (Å²) in [5.41, 5.74) is 7.95. The van der Waals surface area contributed by atoms with Gasteiger partial charge in [-0.15, -0.1) is 0 Å². The zero-order valence-electron chi connectivity index (χ0n) is 22.1. The molecule has 0 bridgehead atoms. The summed E-state index contributed by atoms with van der Waals surface area (Å²) in [4.78, 5) is 6.87.